The lowest BCUT2D eigenvalue weighted by Gasteiger charge is -2.42. The molecule has 0 aliphatic carbocycles. The summed E-state index contributed by atoms with van der Waals surface area (Å²) in [5.74, 6) is -0.520. The molecule has 0 fully saturated rings. The highest BCUT2D eigenvalue weighted by Crippen LogP contribution is 2.42. The van der Waals surface area contributed by atoms with Gasteiger partial charge in [-0.05, 0) is 19.9 Å². The zero-order valence-corrected chi connectivity index (χ0v) is 9.71. The fourth-order valence-corrected chi connectivity index (χ4v) is 1.91. The van der Waals surface area contributed by atoms with E-state index in [4.69, 9.17) is 10.5 Å². The molecule has 0 saturated carbocycles. The first-order valence-electron chi connectivity index (χ1n) is 5.30. The summed E-state index contributed by atoms with van der Waals surface area (Å²) >= 11 is 0. The molecule has 2 atom stereocenters. The van der Waals surface area contributed by atoms with Gasteiger partial charge in [0, 0.05) is 5.56 Å². The molecular weight excluding hydrogens is 226 g/mol. The number of nitrogens with two attached hydrogens (primary N) is 1. The Morgan fingerprint density at radius 3 is 2.65 bits per heavy atom. The Morgan fingerprint density at radius 2 is 2.00 bits per heavy atom. The Hall–Kier alpha value is -1.65. The zero-order valence-electron chi connectivity index (χ0n) is 9.71. The first-order chi connectivity index (χ1) is 7.87. The summed E-state index contributed by atoms with van der Waals surface area (Å²) in [7, 11) is 0. The lowest BCUT2D eigenvalue weighted by molar-refractivity contribution is -0.0847. The average molecular weight is 240 g/mol. The molecular formula is C12H14F2N2O. The molecule has 1 aromatic carbocycles. The van der Waals surface area contributed by atoms with E-state index in [1.807, 2.05) is 0 Å². The van der Waals surface area contributed by atoms with Crippen molar-refractivity contribution >= 4 is 6.02 Å². The fourth-order valence-electron chi connectivity index (χ4n) is 1.91. The van der Waals surface area contributed by atoms with Crippen molar-refractivity contribution in [1.29, 1.82) is 0 Å². The Bertz CT molecular complexity index is 473. The van der Waals surface area contributed by atoms with E-state index >= 15 is 0 Å². The van der Waals surface area contributed by atoms with Crippen LogP contribution in [-0.4, -0.2) is 18.2 Å². The number of amidine groups is 1. The topological polar surface area (TPSA) is 47.6 Å². The molecule has 1 aliphatic heterocycles. The molecule has 0 saturated heterocycles. The minimum atomic E-state index is -1.82. The summed E-state index contributed by atoms with van der Waals surface area (Å²) < 4.78 is 33.5. The van der Waals surface area contributed by atoms with Crippen molar-refractivity contribution < 1.29 is 13.5 Å². The molecule has 3 nitrogen and oxygen atoms in total. The minimum absolute atomic E-state index is 0.120. The average Bonchev–Trinajstić information content (AvgIpc) is 2.25. The van der Waals surface area contributed by atoms with Crippen LogP contribution < -0.4 is 5.73 Å². The molecule has 1 aliphatic rings. The van der Waals surface area contributed by atoms with Crippen LogP contribution in [0.2, 0.25) is 0 Å². The fraction of sp³-hybridized carbons (Fsp3) is 0.417. The highest BCUT2D eigenvalue weighted by atomic mass is 19.1. The number of benzene rings is 1. The maximum absolute atomic E-state index is 14.5. The van der Waals surface area contributed by atoms with E-state index in [1.54, 1.807) is 6.07 Å². The second-order valence-corrected chi connectivity index (χ2v) is 4.47. The van der Waals surface area contributed by atoms with Gasteiger partial charge < -0.3 is 10.5 Å². The van der Waals surface area contributed by atoms with Crippen LogP contribution in [0.5, 0.6) is 0 Å². The van der Waals surface area contributed by atoms with Crippen molar-refractivity contribution in [1.82, 2.24) is 0 Å². The number of nitrogens with zero attached hydrogens (tertiary/aromatic N) is 1. The lowest BCUT2D eigenvalue weighted by atomic mass is 9.80. The van der Waals surface area contributed by atoms with Gasteiger partial charge in [-0.15, -0.1) is 0 Å². The van der Waals surface area contributed by atoms with Crippen LogP contribution in [0.1, 0.15) is 19.4 Å². The van der Waals surface area contributed by atoms with Crippen LogP contribution in [0.25, 0.3) is 0 Å². The van der Waals surface area contributed by atoms with Crippen LogP contribution in [0.4, 0.5) is 8.78 Å². The molecule has 0 amide bonds. The molecule has 0 spiro atoms. The predicted molar refractivity (Wildman–Crippen MR) is 60.8 cm³/mol. The van der Waals surface area contributed by atoms with Gasteiger partial charge in [0.1, 0.15) is 5.82 Å². The maximum atomic E-state index is 14.5. The molecule has 1 aromatic rings. The third kappa shape index (κ3) is 1.75. The van der Waals surface area contributed by atoms with Crippen LogP contribution in [0.3, 0.4) is 0 Å². The van der Waals surface area contributed by atoms with Crippen molar-refractivity contribution in [3.63, 3.8) is 0 Å². The standard InChI is InChI=1S/C12H14F2N2O/c1-11(14)7-16-10(15)17-12(11,2)8-5-3-4-6-9(8)13/h3-6H,7H2,1-2H3,(H2,15,16)/t11-,12-/m1/s1. The monoisotopic (exact) mass is 240 g/mol. The minimum Gasteiger partial charge on any atom is -0.451 e. The molecule has 2 rings (SSSR count). The van der Waals surface area contributed by atoms with Crippen molar-refractivity contribution in [3.05, 3.63) is 35.6 Å². The third-order valence-corrected chi connectivity index (χ3v) is 3.22. The van der Waals surface area contributed by atoms with E-state index in [1.165, 1.54) is 32.0 Å². The normalized spacial score (nSPS) is 32.8. The zero-order chi connectivity index (χ0) is 12.7. The molecule has 0 bridgehead atoms. The third-order valence-electron chi connectivity index (χ3n) is 3.22. The van der Waals surface area contributed by atoms with Crippen molar-refractivity contribution in [2.75, 3.05) is 6.54 Å². The highest BCUT2D eigenvalue weighted by Gasteiger charge is 2.52. The predicted octanol–water partition coefficient (Wildman–Crippen LogP) is 2.11. The van der Waals surface area contributed by atoms with Gasteiger partial charge in [0.15, 0.2) is 11.3 Å². The molecule has 5 heteroatoms. The smallest absolute Gasteiger partial charge is 0.283 e. The van der Waals surface area contributed by atoms with Gasteiger partial charge in [0.2, 0.25) is 0 Å². The van der Waals surface area contributed by atoms with Crippen LogP contribution in [0, 0.1) is 5.82 Å². The summed E-state index contributed by atoms with van der Waals surface area (Å²) in [6.07, 6.45) is 0. The molecule has 0 unspecified atom stereocenters. The number of hydrogen-bond acceptors (Lipinski definition) is 3. The van der Waals surface area contributed by atoms with Crippen molar-refractivity contribution in [3.8, 4) is 0 Å². The van der Waals surface area contributed by atoms with Gasteiger partial charge in [-0.25, -0.2) is 13.8 Å². The molecule has 0 radical (unpaired) electrons. The Kier molecular flexibility index (Phi) is 2.56. The van der Waals surface area contributed by atoms with Crippen molar-refractivity contribution in [2.45, 2.75) is 25.1 Å². The number of ether oxygens (including phenoxy) is 1. The van der Waals surface area contributed by atoms with E-state index in [2.05, 4.69) is 4.99 Å². The van der Waals surface area contributed by atoms with E-state index < -0.39 is 17.1 Å². The number of aliphatic imine (C=N–C) groups is 1. The summed E-state index contributed by atoms with van der Waals surface area (Å²) in [5, 5.41) is 0. The summed E-state index contributed by atoms with van der Waals surface area (Å²) in [6.45, 7) is 2.66. The van der Waals surface area contributed by atoms with E-state index in [0.717, 1.165) is 0 Å². The van der Waals surface area contributed by atoms with E-state index in [-0.39, 0.29) is 18.1 Å². The largest absolute Gasteiger partial charge is 0.451 e. The van der Waals surface area contributed by atoms with Gasteiger partial charge in [-0.2, -0.15) is 0 Å². The number of hydrogen-bond donors (Lipinski definition) is 1. The SMILES string of the molecule is C[C@@]1(F)CN=C(N)O[C@]1(C)c1ccccc1F. The maximum Gasteiger partial charge on any atom is 0.283 e. The number of halogens is 2. The molecule has 0 aromatic heterocycles. The van der Waals surface area contributed by atoms with Crippen molar-refractivity contribution in [2.24, 2.45) is 10.7 Å². The van der Waals surface area contributed by atoms with Crippen LogP contribution in [-0.2, 0) is 10.3 Å². The Labute approximate surface area is 98.3 Å². The van der Waals surface area contributed by atoms with E-state index in [9.17, 15) is 8.78 Å². The molecule has 2 N–H and O–H groups in total. The highest BCUT2D eigenvalue weighted by molar-refractivity contribution is 5.73. The Morgan fingerprint density at radius 1 is 1.35 bits per heavy atom. The van der Waals surface area contributed by atoms with E-state index in [0.29, 0.717) is 0 Å². The number of rotatable bonds is 1. The van der Waals surface area contributed by atoms with Gasteiger partial charge in [-0.3, -0.25) is 0 Å². The Balaban J connectivity index is 2.55. The summed E-state index contributed by atoms with van der Waals surface area (Å²) in [5.41, 5.74) is 2.31. The second kappa shape index (κ2) is 3.68. The first kappa shape index (κ1) is 11.8. The van der Waals surface area contributed by atoms with Gasteiger partial charge in [0.05, 0.1) is 6.54 Å². The molecule has 1 heterocycles. The summed E-state index contributed by atoms with van der Waals surface area (Å²) in [6, 6.07) is 5.81. The molecule has 92 valence electrons. The quantitative estimate of drug-likeness (QED) is 0.817. The van der Waals surface area contributed by atoms with Gasteiger partial charge >= 0.3 is 0 Å². The van der Waals surface area contributed by atoms with Gasteiger partial charge in [-0.1, -0.05) is 18.2 Å². The number of alkyl halides is 1. The first-order valence-corrected chi connectivity index (χ1v) is 5.30. The van der Waals surface area contributed by atoms with Gasteiger partial charge in [0.25, 0.3) is 6.02 Å². The van der Waals surface area contributed by atoms with Crippen LogP contribution in [0.15, 0.2) is 29.3 Å². The molecule has 17 heavy (non-hydrogen) atoms. The lowest BCUT2D eigenvalue weighted by Crippen LogP contribution is -2.54. The second-order valence-electron chi connectivity index (χ2n) is 4.47. The summed E-state index contributed by atoms with van der Waals surface area (Å²) in [4.78, 5) is 3.71. The van der Waals surface area contributed by atoms with Crippen LogP contribution >= 0.6 is 0 Å².